The normalized spacial score (nSPS) is 12.1. The number of unbranched alkanes of at least 4 members (excludes halogenated alkanes) is 1. The molecule has 5 nitrogen and oxygen atoms in total. The molecule has 1 aromatic heterocycles. The first-order valence-corrected chi connectivity index (χ1v) is 10.7. The molecule has 0 aliphatic carbocycles. The van der Waals surface area contributed by atoms with E-state index in [9.17, 15) is 9.90 Å². The number of benzene rings is 2. The van der Waals surface area contributed by atoms with Crippen molar-refractivity contribution in [1.29, 1.82) is 0 Å². The maximum Gasteiger partial charge on any atom is 0.321 e. The average Bonchev–Trinajstić information content (AvgIpc) is 3.11. The molecule has 0 bridgehead atoms. The van der Waals surface area contributed by atoms with E-state index >= 15 is 0 Å². The van der Waals surface area contributed by atoms with Gasteiger partial charge < -0.3 is 9.67 Å². The van der Waals surface area contributed by atoms with Crippen LogP contribution in [0.1, 0.15) is 42.4 Å². The second-order valence-electron chi connectivity index (χ2n) is 7.45. The molecule has 0 radical (unpaired) electrons. The Kier molecular flexibility index (Phi) is 8.05. The summed E-state index contributed by atoms with van der Waals surface area (Å²) in [6.45, 7) is 3.25. The molecule has 158 valence electrons. The summed E-state index contributed by atoms with van der Waals surface area (Å²) in [5, 5.41) is 13.6. The zero-order valence-electron chi connectivity index (χ0n) is 17.2. The van der Waals surface area contributed by atoms with Gasteiger partial charge in [-0.05, 0) is 36.1 Å². The highest BCUT2D eigenvalue weighted by molar-refractivity contribution is 6.30. The van der Waals surface area contributed by atoms with E-state index in [4.69, 9.17) is 11.6 Å². The standard InChI is InChI=1S/C24H28ClN3O2/c1-2-3-12-23-27-16-21(28(23)17-19-10-7-11-20(25)13-19)15-26-22(24(29)30)14-18-8-5-4-6-9-18/h4-11,13,16,22,26H,2-3,12,14-15,17H2,1H3,(H,29,30)/t22-/m0/s1. The minimum atomic E-state index is -0.856. The van der Waals surface area contributed by atoms with Crippen LogP contribution in [0.15, 0.2) is 60.8 Å². The zero-order valence-corrected chi connectivity index (χ0v) is 18.0. The molecule has 3 rings (SSSR count). The van der Waals surface area contributed by atoms with Crippen LogP contribution in [-0.2, 0) is 30.7 Å². The van der Waals surface area contributed by atoms with Gasteiger partial charge in [0.15, 0.2) is 0 Å². The van der Waals surface area contributed by atoms with E-state index in [-0.39, 0.29) is 0 Å². The Bertz CT molecular complexity index is 956. The van der Waals surface area contributed by atoms with Crippen LogP contribution < -0.4 is 5.32 Å². The number of aryl methyl sites for hydroxylation is 1. The number of aliphatic carboxylic acids is 1. The number of carboxylic acid groups (broad SMARTS) is 1. The SMILES string of the molecule is CCCCc1ncc(CN[C@@H](Cc2ccccc2)C(=O)O)n1Cc1cccc(Cl)c1. The third kappa shape index (κ3) is 6.18. The summed E-state index contributed by atoms with van der Waals surface area (Å²) in [5.74, 6) is 0.162. The van der Waals surface area contributed by atoms with Gasteiger partial charge in [-0.3, -0.25) is 10.1 Å². The molecule has 0 saturated carbocycles. The van der Waals surface area contributed by atoms with E-state index in [0.29, 0.717) is 24.5 Å². The highest BCUT2D eigenvalue weighted by Gasteiger charge is 2.19. The molecule has 0 amide bonds. The molecule has 0 saturated heterocycles. The van der Waals surface area contributed by atoms with Crippen molar-refractivity contribution in [2.75, 3.05) is 0 Å². The third-order valence-corrected chi connectivity index (χ3v) is 5.35. The minimum absolute atomic E-state index is 0.432. The van der Waals surface area contributed by atoms with E-state index in [1.807, 2.05) is 60.8 Å². The predicted molar refractivity (Wildman–Crippen MR) is 120 cm³/mol. The van der Waals surface area contributed by atoms with Gasteiger partial charge in [0.25, 0.3) is 0 Å². The summed E-state index contributed by atoms with van der Waals surface area (Å²) in [5.41, 5.74) is 3.06. The van der Waals surface area contributed by atoms with E-state index < -0.39 is 12.0 Å². The van der Waals surface area contributed by atoms with Crippen LogP contribution in [0.2, 0.25) is 5.02 Å². The highest BCUT2D eigenvalue weighted by Crippen LogP contribution is 2.16. The number of nitrogens with zero attached hydrogens (tertiary/aromatic N) is 2. The van der Waals surface area contributed by atoms with Crippen LogP contribution >= 0.6 is 11.6 Å². The maximum atomic E-state index is 11.8. The van der Waals surface area contributed by atoms with Crippen molar-refractivity contribution in [3.8, 4) is 0 Å². The molecule has 0 spiro atoms. The van der Waals surface area contributed by atoms with E-state index in [1.165, 1.54) is 0 Å². The largest absolute Gasteiger partial charge is 0.480 e. The van der Waals surface area contributed by atoms with Crippen molar-refractivity contribution in [1.82, 2.24) is 14.9 Å². The lowest BCUT2D eigenvalue weighted by Crippen LogP contribution is -2.38. The van der Waals surface area contributed by atoms with Crippen LogP contribution in [0.4, 0.5) is 0 Å². The number of carboxylic acids is 1. The third-order valence-electron chi connectivity index (χ3n) is 5.11. The van der Waals surface area contributed by atoms with E-state index in [1.54, 1.807) is 0 Å². The van der Waals surface area contributed by atoms with Gasteiger partial charge in [-0.25, -0.2) is 4.98 Å². The van der Waals surface area contributed by atoms with Crippen molar-refractivity contribution in [2.24, 2.45) is 0 Å². The average molecular weight is 426 g/mol. The molecule has 0 aliphatic heterocycles. The Morgan fingerprint density at radius 2 is 1.93 bits per heavy atom. The van der Waals surface area contributed by atoms with Gasteiger partial charge >= 0.3 is 5.97 Å². The molecule has 2 N–H and O–H groups in total. The molecule has 3 aromatic rings. The summed E-state index contributed by atoms with van der Waals surface area (Å²) in [4.78, 5) is 16.4. The zero-order chi connectivity index (χ0) is 21.3. The summed E-state index contributed by atoms with van der Waals surface area (Å²) in [7, 11) is 0. The van der Waals surface area contributed by atoms with E-state index in [0.717, 1.165) is 41.9 Å². The van der Waals surface area contributed by atoms with Crippen molar-refractivity contribution in [2.45, 2.75) is 51.7 Å². The fourth-order valence-electron chi connectivity index (χ4n) is 3.46. The van der Waals surface area contributed by atoms with Gasteiger partial charge in [0, 0.05) is 30.7 Å². The first-order valence-electron chi connectivity index (χ1n) is 10.3. The molecule has 2 aromatic carbocycles. The molecule has 30 heavy (non-hydrogen) atoms. The Labute approximate surface area is 182 Å². The minimum Gasteiger partial charge on any atom is -0.480 e. The van der Waals surface area contributed by atoms with Gasteiger partial charge in [0.2, 0.25) is 0 Å². The number of halogens is 1. The highest BCUT2D eigenvalue weighted by atomic mass is 35.5. The van der Waals surface area contributed by atoms with Crippen LogP contribution in [0.5, 0.6) is 0 Å². The summed E-state index contributed by atoms with van der Waals surface area (Å²) in [6, 6.07) is 16.8. The molecule has 1 heterocycles. The Morgan fingerprint density at radius 1 is 1.17 bits per heavy atom. The second-order valence-corrected chi connectivity index (χ2v) is 7.88. The van der Waals surface area contributed by atoms with Crippen molar-refractivity contribution in [3.05, 3.63) is 88.5 Å². The van der Waals surface area contributed by atoms with Gasteiger partial charge in [-0.15, -0.1) is 0 Å². The Morgan fingerprint density at radius 3 is 2.63 bits per heavy atom. The Hall–Kier alpha value is -2.63. The first kappa shape index (κ1) is 22.1. The molecule has 1 atom stereocenters. The molecular weight excluding hydrogens is 398 g/mol. The quantitative estimate of drug-likeness (QED) is 0.466. The van der Waals surface area contributed by atoms with Gasteiger partial charge in [-0.2, -0.15) is 0 Å². The van der Waals surface area contributed by atoms with Gasteiger partial charge in [0.1, 0.15) is 11.9 Å². The maximum absolute atomic E-state index is 11.8. The lowest BCUT2D eigenvalue weighted by Gasteiger charge is -2.17. The van der Waals surface area contributed by atoms with Crippen LogP contribution in [0, 0.1) is 0 Å². The van der Waals surface area contributed by atoms with Crippen molar-refractivity contribution >= 4 is 17.6 Å². The molecule has 0 unspecified atom stereocenters. The number of aromatic nitrogens is 2. The van der Waals surface area contributed by atoms with Crippen molar-refractivity contribution in [3.63, 3.8) is 0 Å². The fraction of sp³-hybridized carbons (Fsp3) is 0.333. The molecule has 0 aliphatic rings. The lowest BCUT2D eigenvalue weighted by atomic mass is 10.1. The summed E-state index contributed by atoms with van der Waals surface area (Å²) in [6.07, 6.45) is 5.33. The predicted octanol–water partition coefficient (Wildman–Crippen LogP) is 4.71. The van der Waals surface area contributed by atoms with Crippen LogP contribution in [0.3, 0.4) is 0 Å². The monoisotopic (exact) mass is 425 g/mol. The molecule has 0 fully saturated rings. The lowest BCUT2D eigenvalue weighted by molar-refractivity contribution is -0.139. The number of rotatable bonds is 11. The number of hydrogen-bond acceptors (Lipinski definition) is 3. The molecule has 6 heteroatoms. The van der Waals surface area contributed by atoms with Gasteiger partial charge in [-0.1, -0.05) is 67.4 Å². The number of imidazole rings is 1. The Balaban J connectivity index is 1.76. The van der Waals surface area contributed by atoms with Crippen molar-refractivity contribution < 1.29 is 9.90 Å². The number of nitrogens with one attached hydrogen (secondary N) is 1. The van der Waals surface area contributed by atoms with Gasteiger partial charge in [0.05, 0.1) is 5.69 Å². The molecular formula is C24H28ClN3O2. The van der Waals surface area contributed by atoms with Crippen LogP contribution in [0.25, 0.3) is 0 Å². The summed E-state index contributed by atoms with van der Waals surface area (Å²) >= 11 is 6.16. The fourth-order valence-corrected chi connectivity index (χ4v) is 3.68. The van der Waals surface area contributed by atoms with E-state index in [2.05, 4.69) is 21.8 Å². The first-order chi connectivity index (χ1) is 14.6. The number of carbonyl (C=O) groups is 1. The summed E-state index contributed by atoms with van der Waals surface area (Å²) < 4.78 is 2.18. The topological polar surface area (TPSA) is 67.2 Å². The van der Waals surface area contributed by atoms with Crippen LogP contribution in [-0.4, -0.2) is 26.7 Å². The second kappa shape index (κ2) is 11.0. The number of hydrogen-bond donors (Lipinski definition) is 2. The smallest absolute Gasteiger partial charge is 0.321 e.